The van der Waals surface area contributed by atoms with Crippen LogP contribution in [0.1, 0.15) is 44.8 Å². The molecule has 2 aromatic heterocycles. The molecule has 30 heavy (non-hydrogen) atoms. The van der Waals surface area contributed by atoms with E-state index in [1.165, 1.54) is 19.3 Å². The number of aromatic nitrogens is 3. The Balaban J connectivity index is 1.18. The SMILES string of the molecule is C#C[C@@]1(COC(=O)OCCC23CC(C2)C3)CC[C@H](n2ccc3c(N)nc(Cl)nc32)O1. The second-order valence-corrected chi connectivity index (χ2v) is 9.04. The highest BCUT2D eigenvalue weighted by molar-refractivity contribution is 6.28. The van der Waals surface area contributed by atoms with Crippen molar-refractivity contribution in [2.45, 2.75) is 50.4 Å². The van der Waals surface area contributed by atoms with Crippen molar-refractivity contribution >= 4 is 34.6 Å². The summed E-state index contributed by atoms with van der Waals surface area (Å²) in [6.45, 7) is 0.318. The predicted molar refractivity (Wildman–Crippen MR) is 110 cm³/mol. The van der Waals surface area contributed by atoms with E-state index in [0.717, 1.165) is 12.3 Å². The normalized spacial score (nSPS) is 31.6. The zero-order chi connectivity index (χ0) is 20.9. The number of anilines is 1. The van der Waals surface area contributed by atoms with E-state index in [1.807, 2.05) is 10.8 Å². The van der Waals surface area contributed by atoms with Crippen LogP contribution >= 0.6 is 11.6 Å². The van der Waals surface area contributed by atoms with Crippen LogP contribution < -0.4 is 5.73 Å². The number of hydrogen-bond acceptors (Lipinski definition) is 7. The molecular weight excluding hydrogens is 408 g/mol. The molecule has 0 spiro atoms. The van der Waals surface area contributed by atoms with Crippen molar-refractivity contribution in [1.29, 1.82) is 0 Å². The molecule has 2 atom stereocenters. The molecule has 4 aliphatic rings. The van der Waals surface area contributed by atoms with Crippen LogP contribution in [0.2, 0.25) is 5.28 Å². The zero-order valence-electron chi connectivity index (χ0n) is 16.5. The Hall–Kier alpha value is -2.50. The van der Waals surface area contributed by atoms with E-state index in [4.69, 9.17) is 38.0 Å². The standard InChI is InChI=1S/C21H23ClN4O4/c1-2-21(12-29-19(27)28-8-6-20-9-13(10-20)11-20)5-3-15(30-21)26-7-4-14-16(23)24-18(22)25-17(14)26/h1,4,7,13,15H,3,5-6,8-12H2,(H2,23,24,25)/t13?,15-,20?,21+/m1/s1. The maximum absolute atomic E-state index is 12.0. The number of nitrogen functional groups attached to an aromatic ring is 1. The fourth-order valence-electron chi connectivity index (χ4n) is 4.98. The summed E-state index contributed by atoms with van der Waals surface area (Å²) in [5.41, 5.74) is 5.90. The first-order valence-corrected chi connectivity index (χ1v) is 10.5. The number of carbonyl (C=O) groups excluding carboxylic acids is 1. The predicted octanol–water partition coefficient (Wildman–Crippen LogP) is 3.69. The fraction of sp³-hybridized carbons (Fsp3) is 0.571. The molecule has 4 fully saturated rings. The Kier molecular flexibility index (Phi) is 4.56. The number of halogens is 1. The zero-order valence-corrected chi connectivity index (χ0v) is 17.2. The third kappa shape index (κ3) is 3.26. The van der Waals surface area contributed by atoms with Crippen molar-refractivity contribution < 1.29 is 19.0 Å². The van der Waals surface area contributed by atoms with Gasteiger partial charge in [0.05, 0.1) is 12.0 Å². The largest absolute Gasteiger partial charge is 0.508 e. The number of terminal acetylenes is 1. The lowest BCUT2D eigenvalue weighted by Crippen LogP contribution is -2.52. The molecule has 0 unspecified atom stereocenters. The number of carbonyl (C=O) groups is 1. The van der Waals surface area contributed by atoms with Gasteiger partial charge in [0.25, 0.3) is 0 Å². The molecule has 1 saturated heterocycles. The van der Waals surface area contributed by atoms with E-state index in [1.54, 1.807) is 6.07 Å². The lowest BCUT2D eigenvalue weighted by atomic mass is 9.43. The maximum atomic E-state index is 12.0. The van der Waals surface area contributed by atoms with Crippen molar-refractivity contribution in [3.63, 3.8) is 0 Å². The summed E-state index contributed by atoms with van der Waals surface area (Å²) < 4.78 is 18.5. The molecule has 2 aromatic rings. The van der Waals surface area contributed by atoms with Gasteiger partial charge in [0.1, 0.15) is 24.3 Å². The molecule has 3 saturated carbocycles. The van der Waals surface area contributed by atoms with Crippen LogP contribution in [0.4, 0.5) is 10.6 Å². The van der Waals surface area contributed by atoms with Gasteiger partial charge in [0, 0.05) is 6.20 Å². The van der Waals surface area contributed by atoms with Gasteiger partial charge in [-0.3, -0.25) is 0 Å². The Morgan fingerprint density at radius 3 is 2.90 bits per heavy atom. The minimum absolute atomic E-state index is 0.0612. The van der Waals surface area contributed by atoms with E-state index >= 15 is 0 Å². The molecule has 2 N–H and O–H groups in total. The van der Waals surface area contributed by atoms with Crippen LogP contribution in [0.15, 0.2) is 12.3 Å². The Morgan fingerprint density at radius 2 is 2.20 bits per heavy atom. The minimum atomic E-state index is -1.02. The maximum Gasteiger partial charge on any atom is 0.508 e. The van der Waals surface area contributed by atoms with E-state index in [0.29, 0.717) is 41.7 Å². The van der Waals surface area contributed by atoms with Gasteiger partial charge < -0.3 is 24.5 Å². The number of ether oxygens (including phenoxy) is 3. The molecule has 8 nitrogen and oxygen atoms in total. The first-order valence-electron chi connectivity index (χ1n) is 10.2. The van der Waals surface area contributed by atoms with Gasteiger partial charge in [-0.05, 0) is 67.5 Å². The topological polar surface area (TPSA) is 101 Å². The summed E-state index contributed by atoms with van der Waals surface area (Å²) in [6.07, 6.45) is 12.3. The average molecular weight is 431 g/mol. The molecule has 158 valence electrons. The monoisotopic (exact) mass is 430 g/mol. The van der Waals surface area contributed by atoms with Crippen molar-refractivity contribution in [2.75, 3.05) is 18.9 Å². The molecule has 2 bridgehead atoms. The molecule has 6 rings (SSSR count). The summed E-state index contributed by atoms with van der Waals surface area (Å²) in [6, 6.07) is 1.81. The number of nitrogens with two attached hydrogens (primary N) is 1. The summed E-state index contributed by atoms with van der Waals surface area (Å²) in [5.74, 6) is 3.86. The summed E-state index contributed by atoms with van der Waals surface area (Å²) in [4.78, 5) is 20.2. The summed E-state index contributed by atoms with van der Waals surface area (Å²) >= 11 is 5.95. The van der Waals surface area contributed by atoms with Gasteiger partial charge >= 0.3 is 6.16 Å². The lowest BCUT2D eigenvalue weighted by Gasteiger charge is -2.62. The quantitative estimate of drug-likeness (QED) is 0.423. The average Bonchev–Trinajstić information content (AvgIpc) is 3.26. The third-order valence-corrected chi connectivity index (χ3v) is 6.91. The summed E-state index contributed by atoms with van der Waals surface area (Å²) in [5, 5.41) is 0.746. The van der Waals surface area contributed by atoms with Gasteiger partial charge in [0.2, 0.25) is 5.28 Å². The Morgan fingerprint density at radius 1 is 1.40 bits per heavy atom. The van der Waals surface area contributed by atoms with Gasteiger partial charge in [-0.2, -0.15) is 4.98 Å². The molecular formula is C21H23ClN4O4. The molecule has 9 heteroatoms. The fourth-order valence-corrected chi connectivity index (χ4v) is 5.15. The Bertz CT molecular complexity index is 1030. The van der Waals surface area contributed by atoms with Gasteiger partial charge in [-0.25, -0.2) is 9.78 Å². The number of rotatable bonds is 6. The van der Waals surface area contributed by atoms with Crippen molar-refractivity contribution in [3.8, 4) is 12.3 Å². The molecule has 3 heterocycles. The van der Waals surface area contributed by atoms with Crippen LogP contribution in [0.25, 0.3) is 11.0 Å². The summed E-state index contributed by atoms with van der Waals surface area (Å²) in [7, 11) is 0. The second-order valence-electron chi connectivity index (χ2n) is 8.70. The van der Waals surface area contributed by atoms with E-state index in [2.05, 4.69) is 15.9 Å². The van der Waals surface area contributed by atoms with Gasteiger partial charge in [-0.15, -0.1) is 6.42 Å². The highest BCUT2D eigenvalue weighted by Gasteiger charge is 2.55. The Labute approximate surface area is 179 Å². The minimum Gasteiger partial charge on any atom is -0.434 e. The molecule has 0 aromatic carbocycles. The van der Waals surface area contributed by atoms with Crippen LogP contribution in [-0.4, -0.2) is 39.5 Å². The number of hydrogen-bond donors (Lipinski definition) is 1. The number of nitrogens with zero attached hydrogens (tertiary/aromatic N) is 3. The van der Waals surface area contributed by atoms with E-state index in [9.17, 15) is 4.79 Å². The second kappa shape index (κ2) is 7.03. The van der Waals surface area contributed by atoms with Crippen LogP contribution in [-0.2, 0) is 14.2 Å². The smallest absolute Gasteiger partial charge is 0.434 e. The highest BCUT2D eigenvalue weighted by atomic mass is 35.5. The molecule has 0 radical (unpaired) electrons. The number of fused-ring (bicyclic) bond motifs is 1. The van der Waals surface area contributed by atoms with Crippen LogP contribution in [0.5, 0.6) is 0 Å². The van der Waals surface area contributed by atoms with Crippen LogP contribution in [0.3, 0.4) is 0 Å². The third-order valence-electron chi connectivity index (χ3n) is 6.74. The first-order chi connectivity index (χ1) is 14.4. The first kappa shape index (κ1) is 19.5. The van der Waals surface area contributed by atoms with E-state index < -0.39 is 11.8 Å². The van der Waals surface area contributed by atoms with Crippen LogP contribution in [0, 0.1) is 23.7 Å². The molecule has 1 aliphatic heterocycles. The lowest BCUT2D eigenvalue weighted by molar-refractivity contribution is -0.123. The van der Waals surface area contributed by atoms with Gasteiger partial charge in [0.15, 0.2) is 5.60 Å². The molecule has 0 amide bonds. The van der Waals surface area contributed by atoms with Crippen molar-refractivity contribution in [3.05, 3.63) is 17.5 Å². The molecule has 3 aliphatic carbocycles. The van der Waals surface area contributed by atoms with Gasteiger partial charge in [-0.1, -0.05) is 5.92 Å². The highest BCUT2D eigenvalue weighted by Crippen LogP contribution is 2.66. The van der Waals surface area contributed by atoms with Crippen molar-refractivity contribution in [1.82, 2.24) is 14.5 Å². The van der Waals surface area contributed by atoms with E-state index in [-0.39, 0.29) is 18.1 Å². The van der Waals surface area contributed by atoms with Crippen molar-refractivity contribution in [2.24, 2.45) is 11.3 Å².